The van der Waals surface area contributed by atoms with Crippen LogP contribution in [0.2, 0.25) is 0 Å². The van der Waals surface area contributed by atoms with E-state index >= 15 is 0 Å². The topological polar surface area (TPSA) is 63.3 Å². The van der Waals surface area contributed by atoms with Gasteiger partial charge in [-0.1, -0.05) is 25.1 Å². The number of hydrogen-bond donors (Lipinski definition) is 2. The molecule has 6 heteroatoms. The van der Waals surface area contributed by atoms with E-state index in [-0.39, 0.29) is 12.3 Å². The van der Waals surface area contributed by atoms with E-state index in [0.717, 1.165) is 12.1 Å². The third-order valence-corrected chi connectivity index (χ3v) is 3.44. The first-order valence-electron chi connectivity index (χ1n) is 6.71. The molecule has 0 radical (unpaired) electrons. The first-order valence-corrected chi connectivity index (χ1v) is 6.71. The summed E-state index contributed by atoms with van der Waals surface area (Å²) in [7, 11) is 0. The molecule has 2 atom stereocenters. The summed E-state index contributed by atoms with van der Waals surface area (Å²) in [5.74, 6) is -1.07. The van der Waals surface area contributed by atoms with Crippen LogP contribution >= 0.6 is 0 Å². The van der Waals surface area contributed by atoms with Crippen LogP contribution < -0.4 is 5.73 Å². The summed E-state index contributed by atoms with van der Waals surface area (Å²) >= 11 is 0. The van der Waals surface area contributed by atoms with Gasteiger partial charge in [-0.25, -0.2) is 0 Å². The van der Waals surface area contributed by atoms with Gasteiger partial charge in [0.05, 0.1) is 5.56 Å². The number of aliphatic carboxylic acids is 1. The van der Waals surface area contributed by atoms with Crippen molar-refractivity contribution in [2.24, 2.45) is 11.7 Å². The molecular formula is C15H20F3NO2. The Morgan fingerprint density at radius 2 is 2.00 bits per heavy atom. The minimum atomic E-state index is -4.35. The fraction of sp³-hybridized carbons (Fsp3) is 0.533. The lowest BCUT2D eigenvalue weighted by Crippen LogP contribution is -2.46. The van der Waals surface area contributed by atoms with Crippen LogP contribution in [-0.4, -0.2) is 16.6 Å². The van der Waals surface area contributed by atoms with Gasteiger partial charge in [-0.2, -0.15) is 13.2 Å². The number of carboxylic acids is 1. The Balaban J connectivity index is 2.62. The Bertz CT molecular complexity index is 498. The van der Waals surface area contributed by atoms with Crippen molar-refractivity contribution in [2.75, 3.05) is 0 Å². The Hall–Kier alpha value is -1.56. The highest BCUT2D eigenvalue weighted by Gasteiger charge is 2.31. The lowest BCUT2D eigenvalue weighted by molar-refractivity contribution is -0.143. The molecule has 118 valence electrons. The minimum absolute atomic E-state index is 0.00522. The zero-order chi connectivity index (χ0) is 16.3. The molecule has 1 rings (SSSR count). The average molecular weight is 303 g/mol. The van der Waals surface area contributed by atoms with Gasteiger partial charge in [0.1, 0.15) is 5.54 Å². The average Bonchev–Trinajstić information content (AvgIpc) is 2.35. The minimum Gasteiger partial charge on any atom is -0.480 e. The predicted octanol–water partition coefficient (Wildman–Crippen LogP) is 3.47. The Morgan fingerprint density at radius 3 is 2.52 bits per heavy atom. The number of hydrogen-bond acceptors (Lipinski definition) is 2. The van der Waals surface area contributed by atoms with E-state index in [0.29, 0.717) is 18.4 Å². The third-order valence-electron chi connectivity index (χ3n) is 3.44. The molecule has 0 aliphatic carbocycles. The quantitative estimate of drug-likeness (QED) is 0.846. The highest BCUT2D eigenvalue weighted by Crippen LogP contribution is 2.30. The largest absolute Gasteiger partial charge is 0.480 e. The molecule has 1 aromatic carbocycles. The van der Waals surface area contributed by atoms with Crippen LogP contribution in [0.1, 0.15) is 37.8 Å². The van der Waals surface area contributed by atoms with Crippen LogP contribution in [0.3, 0.4) is 0 Å². The number of aryl methyl sites for hydroxylation is 1. The smallest absolute Gasteiger partial charge is 0.416 e. The molecular weight excluding hydrogens is 283 g/mol. The molecule has 0 amide bonds. The van der Waals surface area contributed by atoms with Crippen LogP contribution in [0.5, 0.6) is 0 Å². The van der Waals surface area contributed by atoms with E-state index in [2.05, 4.69) is 0 Å². The van der Waals surface area contributed by atoms with Gasteiger partial charge >= 0.3 is 12.1 Å². The first-order chi connectivity index (χ1) is 9.52. The molecule has 0 saturated heterocycles. The molecule has 0 aromatic heterocycles. The third kappa shape index (κ3) is 5.38. The number of rotatable bonds is 6. The second kappa shape index (κ2) is 6.47. The van der Waals surface area contributed by atoms with Crippen LogP contribution in [0.15, 0.2) is 24.3 Å². The summed E-state index contributed by atoms with van der Waals surface area (Å²) in [4.78, 5) is 10.9. The summed E-state index contributed by atoms with van der Waals surface area (Å²) < 4.78 is 37.8. The van der Waals surface area contributed by atoms with Gasteiger partial charge in [-0.05, 0) is 43.7 Å². The maximum absolute atomic E-state index is 12.6. The lowest BCUT2D eigenvalue weighted by Gasteiger charge is -2.23. The molecule has 0 aliphatic rings. The summed E-state index contributed by atoms with van der Waals surface area (Å²) in [6.07, 6.45) is -3.02. The van der Waals surface area contributed by atoms with Gasteiger partial charge in [0, 0.05) is 0 Å². The summed E-state index contributed by atoms with van der Waals surface area (Å²) in [5, 5.41) is 8.95. The molecule has 0 aliphatic heterocycles. The van der Waals surface area contributed by atoms with Crippen molar-refractivity contribution >= 4 is 5.97 Å². The SMILES string of the molecule is CC(CCc1cccc(C(F)(F)F)c1)CC(C)(N)C(=O)O. The number of carbonyl (C=O) groups is 1. The lowest BCUT2D eigenvalue weighted by atomic mass is 9.87. The number of halogens is 3. The fourth-order valence-corrected chi connectivity index (χ4v) is 2.23. The van der Waals surface area contributed by atoms with E-state index in [1.807, 2.05) is 6.92 Å². The van der Waals surface area contributed by atoms with E-state index < -0.39 is 23.2 Å². The maximum Gasteiger partial charge on any atom is 0.416 e. The van der Waals surface area contributed by atoms with Crippen LogP contribution in [-0.2, 0) is 17.4 Å². The molecule has 3 N–H and O–H groups in total. The highest BCUT2D eigenvalue weighted by atomic mass is 19.4. The molecule has 2 unspecified atom stereocenters. The first kappa shape index (κ1) is 17.5. The zero-order valence-electron chi connectivity index (χ0n) is 12.1. The van der Waals surface area contributed by atoms with Gasteiger partial charge in [0.15, 0.2) is 0 Å². The summed E-state index contributed by atoms with van der Waals surface area (Å²) in [6, 6.07) is 5.19. The normalized spacial score (nSPS) is 16.3. The van der Waals surface area contributed by atoms with Crippen molar-refractivity contribution in [1.82, 2.24) is 0 Å². The van der Waals surface area contributed by atoms with Crippen LogP contribution in [0, 0.1) is 5.92 Å². The number of alkyl halides is 3. The second-order valence-corrected chi connectivity index (χ2v) is 5.77. The van der Waals surface area contributed by atoms with Crippen molar-refractivity contribution in [2.45, 2.75) is 44.8 Å². The second-order valence-electron chi connectivity index (χ2n) is 5.77. The van der Waals surface area contributed by atoms with Crippen molar-refractivity contribution < 1.29 is 23.1 Å². The Morgan fingerprint density at radius 1 is 1.38 bits per heavy atom. The maximum atomic E-state index is 12.6. The molecule has 0 bridgehead atoms. The predicted molar refractivity (Wildman–Crippen MR) is 73.8 cm³/mol. The molecule has 0 spiro atoms. The van der Waals surface area contributed by atoms with Crippen molar-refractivity contribution in [3.63, 3.8) is 0 Å². The Kier molecular flexibility index (Phi) is 5.39. The monoisotopic (exact) mass is 303 g/mol. The van der Waals surface area contributed by atoms with Crippen molar-refractivity contribution in [3.05, 3.63) is 35.4 Å². The summed E-state index contributed by atoms with van der Waals surface area (Å²) in [6.45, 7) is 3.29. The van der Waals surface area contributed by atoms with E-state index in [1.54, 1.807) is 6.07 Å². The molecule has 1 aromatic rings. The molecule has 0 heterocycles. The van der Waals surface area contributed by atoms with Crippen LogP contribution in [0.4, 0.5) is 13.2 Å². The number of benzene rings is 1. The number of carboxylic acid groups (broad SMARTS) is 1. The van der Waals surface area contributed by atoms with Gasteiger partial charge in [-0.3, -0.25) is 4.79 Å². The van der Waals surface area contributed by atoms with Gasteiger partial charge in [-0.15, -0.1) is 0 Å². The fourth-order valence-electron chi connectivity index (χ4n) is 2.23. The van der Waals surface area contributed by atoms with Crippen molar-refractivity contribution in [1.29, 1.82) is 0 Å². The van der Waals surface area contributed by atoms with Gasteiger partial charge < -0.3 is 10.8 Å². The van der Waals surface area contributed by atoms with Crippen LogP contribution in [0.25, 0.3) is 0 Å². The van der Waals surface area contributed by atoms with E-state index in [9.17, 15) is 18.0 Å². The summed E-state index contributed by atoms with van der Waals surface area (Å²) in [5.41, 5.74) is 4.27. The van der Waals surface area contributed by atoms with E-state index in [4.69, 9.17) is 10.8 Å². The van der Waals surface area contributed by atoms with Crippen molar-refractivity contribution in [3.8, 4) is 0 Å². The molecule has 0 fully saturated rings. The molecule has 3 nitrogen and oxygen atoms in total. The molecule has 0 saturated carbocycles. The standard InChI is InChI=1S/C15H20F3NO2/c1-10(9-14(2,19)13(20)21)6-7-11-4-3-5-12(8-11)15(16,17)18/h3-5,8,10H,6-7,9,19H2,1-2H3,(H,20,21). The zero-order valence-corrected chi connectivity index (χ0v) is 12.1. The van der Waals surface area contributed by atoms with Gasteiger partial charge in [0.2, 0.25) is 0 Å². The highest BCUT2D eigenvalue weighted by molar-refractivity contribution is 5.77. The molecule has 21 heavy (non-hydrogen) atoms. The Labute approximate surface area is 122 Å². The van der Waals surface area contributed by atoms with E-state index in [1.165, 1.54) is 13.0 Å². The van der Waals surface area contributed by atoms with Gasteiger partial charge in [0.25, 0.3) is 0 Å². The number of nitrogens with two attached hydrogens (primary N) is 1.